The van der Waals surface area contributed by atoms with Crippen LogP contribution in [0.1, 0.15) is 30.5 Å². The number of benzene rings is 2. The van der Waals surface area contributed by atoms with Crippen LogP contribution in [0.4, 0.5) is 0 Å². The fourth-order valence-corrected chi connectivity index (χ4v) is 3.42. The Morgan fingerprint density at radius 1 is 1.04 bits per heavy atom. The van der Waals surface area contributed by atoms with Crippen molar-refractivity contribution < 1.29 is 0 Å². The maximum atomic E-state index is 6.19. The lowest BCUT2D eigenvalue weighted by Crippen LogP contribution is -2.29. The van der Waals surface area contributed by atoms with Crippen LogP contribution >= 0.6 is 11.6 Å². The molecule has 1 aliphatic heterocycles. The van der Waals surface area contributed by atoms with E-state index in [9.17, 15) is 0 Å². The number of rotatable bonds is 1. The Hall–Kier alpha value is -2.19. The minimum Gasteiger partial charge on any atom is -0.278 e. The molecule has 1 aliphatic rings. The monoisotopic (exact) mass is 320 g/mol. The maximum Gasteiger partial charge on any atom is 0.0744 e. The van der Waals surface area contributed by atoms with Crippen molar-refractivity contribution in [1.29, 1.82) is 0 Å². The third-order valence-corrected chi connectivity index (χ3v) is 4.46. The molecule has 0 bridgehead atoms. The topological polar surface area (TPSA) is 25.2 Å². The van der Waals surface area contributed by atoms with Gasteiger partial charge in [0.05, 0.1) is 16.8 Å². The molecule has 0 saturated carbocycles. The molecule has 2 nitrogen and oxygen atoms in total. The zero-order valence-electron chi connectivity index (χ0n) is 13.2. The zero-order valence-corrected chi connectivity index (χ0v) is 13.9. The van der Waals surface area contributed by atoms with E-state index < -0.39 is 0 Å². The molecule has 0 unspecified atom stereocenters. The fraction of sp³-hybridized carbons (Fsp3) is 0.200. The highest BCUT2D eigenvalue weighted by molar-refractivity contribution is 6.31. The summed E-state index contributed by atoms with van der Waals surface area (Å²) in [6.45, 7) is 4.32. The second-order valence-corrected chi connectivity index (χ2v) is 7.10. The second kappa shape index (κ2) is 5.17. The predicted molar refractivity (Wildman–Crippen MR) is 96.6 cm³/mol. The molecule has 2 heterocycles. The Kier molecular flexibility index (Phi) is 3.24. The molecule has 114 valence electrons. The third kappa shape index (κ3) is 2.64. The molecule has 1 aromatic heterocycles. The van der Waals surface area contributed by atoms with Crippen LogP contribution in [0.25, 0.3) is 10.9 Å². The quantitative estimate of drug-likeness (QED) is 0.615. The lowest BCUT2D eigenvalue weighted by atomic mass is 9.85. The smallest absolute Gasteiger partial charge is 0.0744 e. The lowest BCUT2D eigenvalue weighted by molar-refractivity contribution is 0.513. The first-order valence-electron chi connectivity index (χ1n) is 7.76. The van der Waals surface area contributed by atoms with Gasteiger partial charge in [-0.05, 0) is 50.1 Å². The first kappa shape index (κ1) is 14.4. The highest BCUT2D eigenvalue weighted by atomic mass is 35.5. The van der Waals surface area contributed by atoms with E-state index in [1.807, 2.05) is 30.5 Å². The molecule has 0 radical (unpaired) electrons. The Labute approximate surface area is 140 Å². The summed E-state index contributed by atoms with van der Waals surface area (Å²) in [4.78, 5) is 9.58. The van der Waals surface area contributed by atoms with Crippen LogP contribution in [-0.4, -0.2) is 16.2 Å². The average Bonchev–Trinajstić information content (AvgIpc) is 2.52. The molecular weight excluding hydrogens is 304 g/mol. The molecule has 0 saturated heterocycles. The summed E-state index contributed by atoms with van der Waals surface area (Å²) < 4.78 is 0. The van der Waals surface area contributed by atoms with Crippen molar-refractivity contribution in [2.24, 2.45) is 4.99 Å². The van der Waals surface area contributed by atoms with Crippen molar-refractivity contribution in [2.75, 3.05) is 0 Å². The normalized spacial score (nSPS) is 16.0. The van der Waals surface area contributed by atoms with Crippen molar-refractivity contribution in [3.63, 3.8) is 0 Å². The lowest BCUT2D eigenvalue weighted by Gasteiger charge is -2.29. The number of aliphatic imine (C=N–C) groups is 1. The Balaban J connectivity index is 1.93. The fourth-order valence-electron chi connectivity index (χ4n) is 3.23. The van der Waals surface area contributed by atoms with Gasteiger partial charge >= 0.3 is 0 Å². The van der Waals surface area contributed by atoms with Crippen molar-refractivity contribution >= 4 is 28.2 Å². The van der Waals surface area contributed by atoms with Gasteiger partial charge in [0.1, 0.15) is 0 Å². The SMILES string of the molecule is CC1(C)Cc2cc(Cl)ccc2C(c2cnc3ccccc3c2)=N1. The van der Waals surface area contributed by atoms with Gasteiger partial charge < -0.3 is 0 Å². The molecule has 3 heteroatoms. The van der Waals surface area contributed by atoms with Crippen LogP contribution in [-0.2, 0) is 6.42 Å². The summed E-state index contributed by atoms with van der Waals surface area (Å²) in [6, 6.07) is 16.4. The van der Waals surface area contributed by atoms with Crippen molar-refractivity contribution in [3.05, 3.63) is 76.4 Å². The van der Waals surface area contributed by atoms with Crippen LogP contribution in [0, 0.1) is 0 Å². The number of halogens is 1. The van der Waals surface area contributed by atoms with Gasteiger partial charge in [-0.25, -0.2) is 0 Å². The van der Waals surface area contributed by atoms with Gasteiger partial charge in [0, 0.05) is 27.7 Å². The summed E-state index contributed by atoms with van der Waals surface area (Å²) in [5.74, 6) is 0. The van der Waals surface area contributed by atoms with Gasteiger partial charge in [0.15, 0.2) is 0 Å². The molecule has 3 aromatic rings. The second-order valence-electron chi connectivity index (χ2n) is 6.67. The van der Waals surface area contributed by atoms with Crippen LogP contribution in [0.3, 0.4) is 0 Å². The predicted octanol–water partition coefficient (Wildman–Crippen LogP) is 5.06. The number of hydrogen-bond donors (Lipinski definition) is 0. The number of fused-ring (bicyclic) bond motifs is 2. The van der Waals surface area contributed by atoms with E-state index in [-0.39, 0.29) is 5.54 Å². The van der Waals surface area contributed by atoms with E-state index >= 15 is 0 Å². The highest BCUT2D eigenvalue weighted by Gasteiger charge is 2.27. The minimum atomic E-state index is -0.140. The summed E-state index contributed by atoms with van der Waals surface area (Å²) in [5, 5.41) is 1.91. The van der Waals surface area contributed by atoms with E-state index in [2.05, 4.69) is 43.1 Å². The number of pyridine rings is 1. The molecule has 23 heavy (non-hydrogen) atoms. The van der Waals surface area contributed by atoms with Gasteiger partial charge in [-0.2, -0.15) is 0 Å². The largest absolute Gasteiger partial charge is 0.278 e. The summed E-state index contributed by atoms with van der Waals surface area (Å²) >= 11 is 6.19. The standard InChI is InChI=1S/C20H17ClN2/c1-20(2)11-14-10-16(21)7-8-17(14)19(23-20)15-9-13-5-3-4-6-18(13)22-12-15/h3-10,12H,11H2,1-2H3. The Morgan fingerprint density at radius 2 is 1.87 bits per heavy atom. The number of para-hydroxylation sites is 1. The number of hydrogen-bond acceptors (Lipinski definition) is 2. The van der Waals surface area contributed by atoms with Gasteiger partial charge in [-0.3, -0.25) is 9.98 Å². The molecule has 0 atom stereocenters. The molecule has 0 spiro atoms. The summed E-state index contributed by atoms with van der Waals surface area (Å²) in [5.41, 5.74) is 5.33. The van der Waals surface area contributed by atoms with E-state index in [1.165, 1.54) is 5.56 Å². The average molecular weight is 321 g/mol. The minimum absolute atomic E-state index is 0.140. The number of nitrogens with zero attached hydrogens (tertiary/aromatic N) is 2. The molecule has 0 N–H and O–H groups in total. The van der Waals surface area contributed by atoms with Gasteiger partial charge in [0.25, 0.3) is 0 Å². The molecule has 4 rings (SSSR count). The first-order valence-corrected chi connectivity index (χ1v) is 8.13. The van der Waals surface area contributed by atoms with Crippen molar-refractivity contribution in [1.82, 2.24) is 4.98 Å². The van der Waals surface area contributed by atoms with E-state index in [0.29, 0.717) is 0 Å². The summed E-state index contributed by atoms with van der Waals surface area (Å²) in [7, 11) is 0. The molecule has 0 fully saturated rings. The van der Waals surface area contributed by atoms with Crippen molar-refractivity contribution in [2.45, 2.75) is 25.8 Å². The van der Waals surface area contributed by atoms with Crippen LogP contribution in [0.15, 0.2) is 59.7 Å². The molecule has 0 amide bonds. The third-order valence-electron chi connectivity index (χ3n) is 4.22. The summed E-state index contributed by atoms with van der Waals surface area (Å²) in [6.07, 6.45) is 2.81. The van der Waals surface area contributed by atoms with Crippen LogP contribution in [0.5, 0.6) is 0 Å². The zero-order chi connectivity index (χ0) is 16.0. The van der Waals surface area contributed by atoms with Crippen molar-refractivity contribution in [3.8, 4) is 0 Å². The van der Waals surface area contributed by atoms with E-state index in [4.69, 9.17) is 16.6 Å². The Bertz CT molecular complexity index is 941. The van der Waals surface area contributed by atoms with Crippen LogP contribution < -0.4 is 0 Å². The molecule has 2 aromatic carbocycles. The highest BCUT2D eigenvalue weighted by Crippen LogP contribution is 2.31. The van der Waals surface area contributed by atoms with Gasteiger partial charge in [-0.15, -0.1) is 0 Å². The van der Waals surface area contributed by atoms with E-state index in [0.717, 1.165) is 39.2 Å². The van der Waals surface area contributed by atoms with Crippen LogP contribution in [0.2, 0.25) is 5.02 Å². The first-order chi connectivity index (χ1) is 11.0. The van der Waals surface area contributed by atoms with Gasteiger partial charge in [-0.1, -0.05) is 35.9 Å². The molecule has 0 aliphatic carbocycles. The number of aromatic nitrogens is 1. The van der Waals surface area contributed by atoms with Gasteiger partial charge in [0.2, 0.25) is 0 Å². The maximum absolute atomic E-state index is 6.19. The van der Waals surface area contributed by atoms with E-state index in [1.54, 1.807) is 0 Å². The Morgan fingerprint density at radius 3 is 2.74 bits per heavy atom. The molecular formula is C20H17ClN2.